The summed E-state index contributed by atoms with van der Waals surface area (Å²) < 4.78 is 7.39. The molecule has 22 heavy (non-hydrogen) atoms. The number of hydrogen-bond acceptors (Lipinski definition) is 3. The number of benzene rings is 2. The molecule has 0 atom stereocenters. The van der Waals surface area contributed by atoms with E-state index in [0.29, 0.717) is 0 Å². The van der Waals surface area contributed by atoms with E-state index in [9.17, 15) is 0 Å². The first-order valence-corrected chi connectivity index (χ1v) is 8.27. The molecule has 4 heteroatoms. The zero-order valence-corrected chi connectivity index (χ0v) is 13.7. The third-order valence-corrected chi connectivity index (χ3v) is 4.38. The monoisotopic (exact) mass is 310 g/mol. The minimum absolute atomic E-state index is 0.853. The van der Waals surface area contributed by atoms with Gasteiger partial charge in [-0.2, -0.15) is 0 Å². The van der Waals surface area contributed by atoms with Gasteiger partial charge in [-0.3, -0.25) is 0 Å². The van der Waals surface area contributed by atoms with Gasteiger partial charge in [0.05, 0.1) is 18.5 Å². The number of ether oxygens (including phenoxy) is 1. The van der Waals surface area contributed by atoms with Crippen molar-refractivity contribution in [1.82, 2.24) is 9.55 Å². The highest BCUT2D eigenvalue weighted by atomic mass is 32.2. The van der Waals surface area contributed by atoms with Gasteiger partial charge in [-0.15, -0.1) is 0 Å². The molecule has 0 radical (unpaired) electrons. The van der Waals surface area contributed by atoms with Crippen LogP contribution in [0.25, 0.3) is 22.5 Å². The molecule has 0 aliphatic heterocycles. The zero-order chi connectivity index (χ0) is 15.5. The Balaban J connectivity index is 2.18. The molecule has 0 spiro atoms. The van der Waals surface area contributed by atoms with Gasteiger partial charge in [0.2, 0.25) is 0 Å². The van der Waals surface area contributed by atoms with Crippen molar-refractivity contribution in [2.24, 2.45) is 7.05 Å². The average molecular weight is 310 g/mol. The molecule has 0 aliphatic carbocycles. The Labute approximate surface area is 135 Å². The van der Waals surface area contributed by atoms with E-state index in [2.05, 4.69) is 54.3 Å². The van der Waals surface area contributed by atoms with Crippen LogP contribution in [-0.4, -0.2) is 22.9 Å². The van der Waals surface area contributed by atoms with Crippen molar-refractivity contribution < 1.29 is 4.74 Å². The summed E-state index contributed by atoms with van der Waals surface area (Å²) in [4.78, 5) is 4.82. The summed E-state index contributed by atoms with van der Waals surface area (Å²) in [5, 5.41) is 1.00. The average Bonchev–Trinajstić information content (AvgIpc) is 2.92. The van der Waals surface area contributed by atoms with Crippen LogP contribution in [0.15, 0.2) is 59.8 Å². The molecular formula is C18H18N2OS. The maximum absolute atomic E-state index is 5.24. The SMILES string of the molecule is COc1ccc(-c2nc(SC)n(C)c2-c2ccccc2)cc1. The maximum atomic E-state index is 5.24. The van der Waals surface area contributed by atoms with Crippen LogP contribution < -0.4 is 4.74 Å². The predicted molar refractivity (Wildman–Crippen MR) is 92.4 cm³/mol. The smallest absolute Gasteiger partial charge is 0.168 e. The summed E-state index contributed by atoms with van der Waals surface area (Å²) in [6.07, 6.45) is 2.05. The molecule has 0 amide bonds. The Kier molecular flexibility index (Phi) is 4.20. The second kappa shape index (κ2) is 6.28. The van der Waals surface area contributed by atoms with Crippen molar-refractivity contribution in [2.75, 3.05) is 13.4 Å². The van der Waals surface area contributed by atoms with Gasteiger partial charge in [0.1, 0.15) is 5.75 Å². The fraction of sp³-hybridized carbons (Fsp3) is 0.167. The Morgan fingerprint density at radius 1 is 0.955 bits per heavy atom. The van der Waals surface area contributed by atoms with Crippen molar-refractivity contribution in [3.63, 3.8) is 0 Å². The molecule has 112 valence electrons. The number of hydrogen-bond donors (Lipinski definition) is 0. The lowest BCUT2D eigenvalue weighted by atomic mass is 10.0. The topological polar surface area (TPSA) is 27.1 Å². The molecule has 3 rings (SSSR count). The fourth-order valence-corrected chi connectivity index (χ4v) is 3.08. The first-order valence-electron chi connectivity index (χ1n) is 7.05. The molecule has 2 aromatic carbocycles. The van der Waals surface area contributed by atoms with E-state index in [1.54, 1.807) is 18.9 Å². The third-order valence-electron chi connectivity index (χ3n) is 3.65. The molecule has 1 heterocycles. The van der Waals surface area contributed by atoms with Crippen molar-refractivity contribution in [3.05, 3.63) is 54.6 Å². The van der Waals surface area contributed by atoms with Gasteiger partial charge in [-0.1, -0.05) is 42.1 Å². The molecule has 0 fully saturated rings. The summed E-state index contributed by atoms with van der Waals surface area (Å²) in [7, 11) is 3.74. The maximum Gasteiger partial charge on any atom is 0.168 e. The van der Waals surface area contributed by atoms with E-state index in [1.165, 1.54) is 5.56 Å². The van der Waals surface area contributed by atoms with Gasteiger partial charge >= 0.3 is 0 Å². The number of rotatable bonds is 4. The molecule has 3 aromatic rings. The van der Waals surface area contributed by atoms with Gasteiger partial charge in [0.25, 0.3) is 0 Å². The van der Waals surface area contributed by atoms with Crippen LogP contribution in [-0.2, 0) is 7.05 Å². The molecule has 1 aromatic heterocycles. The number of imidazole rings is 1. The quantitative estimate of drug-likeness (QED) is 0.665. The van der Waals surface area contributed by atoms with Crippen molar-refractivity contribution >= 4 is 11.8 Å². The molecular weight excluding hydrogens is 292 g/mol. The highest BCUT2D eigenvalue weighted by Gasteiger charge is 2.17. The number of thioether (sulfide) groups is 1. The number of methoxy groups -OCH3 is 1. The second-order valence-corrected chi connectivity index (χ2v) is 5.72. The van der Waals surface area contributed by atoms with Gasteiger partial charge in [-0.05, 0) is 30.5 Å². The van der Waals surface area contributed by atoms with Crippen LogP contribution in [0.2, 0.25) is 0 Å². The van der Waals surface area contributed by atoms with E-state index >= 15 is 0 Å². The van der Waals surface area contributed by atoms with Crippen LogP contribution in [0.5, 0.6) is 5.75 Å². The lowest BCUT2D eigenvalue weighted by molar-refractivity contribution is 0.415. The summed E-state index contributed by atoms with van der Waals surface area (Å²) in [5.41, 5.74) is 4.40. The third kappa shape index (κ3) is 2.62. The second-order valence-electron chi connectivity index (χ2n) is 4.95. The largest absolute Gasteiger partial charge is 0.497 e. The normalized spacial score (nSPS) is 10.7. The lowest BCUT2D eigenvalue weighted by Crippen LogP contribution is -1.94. The minimum atomic E-state index is 0.853. The predicted octanol–water partition coefficient (Wildman–Crippen LogP) is 4.48. The summed E-state index contributed by atoms with van der Waals surface area (Å²) in [6, 6.07) is 18.4. The van der Waals surface area contributed by atoms with Gasteiger partial charge in [0, 0.05) is 18.2 Å². The number of nitrogens with zero attached hydrogens (tertiary/aromatic N) is 2. The fourth-order valence-electron chi connectivity index (χ4n) is 2.54. The van der Waals surface area contributed by atoms with Crippen molar-refractivity contribution in [1.29, 1.82) is 0 Å². The van der Waals surface area contributed by atoms with E-state index in [4.69, 9.17) is 9.72 Å². The summed E-state index contributed by atoms with van der Waals surface area (Å²) in [6.45, 7) is 0. The molecule has 0 bridgehead atoms. The van der Waals surface area contributed by atoms with E-state index in [-0.39, 0.29) is 0 Å². The van der Waals surface area contributed by atoms with Gasteiger partial charge in [-0.25, -0.2) is 4.98 Å². The molecule has 0 saturated heterocycles. The Morgan fingerprint density at radius 2 is 1.64 bits per heavy atom. The van der Waals surface area contributed by atoms with Gasteiger partial charge in [0.15, 0.2) is 5.16 Å². The van der Waals surface area contributed by atoms with Crippen LogP contribution in [0, 0.1) is 0 Å². The Bertz CT molecular complexity index is 764. The molecule has 0 aliphatic rings. The van der Waals surface area contributed by atoms with E-state index < -0.39 is 0 Å². The minimum Gasteiger partial charge on any atom is -0.497 e. The summed E-state index contributed by atoms with van der Waals surface area (Å²) in [5.74, 6) is 0.853. The van der Waals surface area contributed by atoms with Gasteiger partial charge < -0.3 is 9.30 Å². The zero-order valence-electron chi connectivity index (χ0n) is 12.9. The van der Waals surface area contributed by atoms with Crippen molar-refractivity contribution in [2.45, 2.75) is 5.16 Å². The van der Waals surface area contributed by atoms with Crippen LogP contribution in [0.4, 0.5) is 0 Å². The lowest BCUT2D eigenvalue weighted by Gasteiger charge is -2.08. The molecule has 0 unspecified atom stereocenters. The first-order chi connectivity index (χ1) is 10.7. The van der Waals surface area contributed by atoms with Crippen LogP contribution >= 0.6 is 11.8 Å². The standard InChI is InChI=1S/C18H18N2OS/c1-20-17(14-7-5-4-6-8-14)16(19-18(20)22-3)13-9-11-15(21-2)12-10-13/h4-12H,1-3H3. The summed E-state index contributed by atoms with van der Waals surface area (Å²) >= 11 is 1.65. The molecule has 0 N–H and O–H groups in total. The number of aromatic nitrogens is 2. The van der Waals surface area contributed by atoms with Crippen LogP contribution in [0.3, 0.4) is 0 Å². The highest BCUT2D eigenvalue weighted by molar-refractivity contribution is 7.98. The molecule has 0 saturated carbocycles. The van der Waals surface area contributed by atoms with Crippen molar-refractivity contribution in [3.8, 4) is 28.3 Å². The molecule has 3 nitrogen and oxygen atoms in total. The Morgan fingerprint density at radius 3 is 2.23 bits per heavy atom. The van der Waals surface area contributed by atoms with E-state index in [0.717, 1.165) is 27.9 Å². The van der Waals surface area contributed by atoms with Crippen LogP contribution in [0.1, 0.15) is 0 Å². The van der Waals surface area contributed by atoms with E-state index in [1.807, 2.05) is 18.2 Å². The highest BCUT2D eigenvalue weighted by Crippen LogP contribution is 2.35. The first kappa shape index (κ1) is 14.7. The Hall–Kier alpha value is -2.20.